The Kier molecular flexibility index (Phi) is 3.69. The Hall–Kier alpha value is -2.22. The third kappa shape index (κ3) is 2.39. The third-order valence-corrected chi connectivity index (χ3v) is 5.24. The second-order valence-corrected chi connectivity index (χ2v) is 6.85. The molecule has 1 aromatic carbocycles. The lowest BCUT2D eigenvalue weighted by molar-refractivity contribution is 0.0855. The van der Waals surface area contributed by atoms with E-state index in [1.54, 1.807) is 12.1 Å². The van der Waals surface area contributed by atoms with Crippen LogP contribution in [0.5, 0.6) is 0 Å². The van der Waals surface area contributed by atoms with E-state index in [1.807, 2.05) is 6.92 Å². The number of aromatic nitrogens is 2. The van der Waals surface area contributed by atoms with E-state index in [2.05, 4.69) is 10.1 Å². The quantitative estimate of drug-likeness (QED) is 0.833. The summed E-state index contributed by atoms with van der Waals surface area (Å²) in [6.45, 7) is 1.81. The summed E-state index contributed by atoms with van der Waals surface area (Å²) in [6, 6.07) is 6.13. The molecule has 3 rings (SSSR count). The number of hydrogen-bond donors (Lipinski definition) is 0. The Morgan fingerprint density at radius 2 is 2.05 bits per heavy atom. The summed E-state index contributed by atoms with van der Waals surface area (Å²) < 4.78 is 30.6. The first kappa shape index (κ1) is 14.7. The minimum atomic E-state index is -3.85. The number of sulfonamides is 1. The fraction of sp³-hybridized carbons (Fsp3) is 0.357. The first-order valence-corrected chi connectivity index (χ1v) is 8.45. The minimum Gasteiger partial charge on any atom is -0.337 e. The number of fused-ring (bicyclic) bond motifs is 1. The van der Waals surface area contributed by atoms with Crippen molar-refractivity contribution < 1.29 is 17.7 Å². The largest absolute Gasteiger partial charge is 0.337 e. The molecule has 116 valence electrons. The zero-order valence-corrected chi connectivity index (χ0v) is 12.8. The van der Waals surface area contributed by atoms with Gasteiger partial charge in [0, 0.05) is 6.42 Å². The summed E-state index contributed by atoms with van der Waals surface area (Å²) in [5, 5.41) is 3.80. The van der Waals surface area contributed by atoms with Crippen molar-refractivity contribution in [3.63, 3.8) is 0 Å². The van der Waals surface area contributed by atoms with Gasteiger partial charge in [0.2, 0.25) is 5.89 Å². The number of amides is 1. The van der Waals surface area contributed by atoms with E-state index in [0.29, 0.717) is 12.2 Å². The van der Waals surface area contributed by atoms with Gasteiger partial charge in [0.15, 0.2) is 5.82 Å². The van der Waals surface area contributed by atoms with Crippen LogP contribution in [0.2, 0.25) is 0 Å². The van der Waals surface area contributed by atoms with Crippen LogP contribution in [-0.2, 0) is 23.0 Å². The first-order valence-electron chi connectivity index (χ1n) is 7.01. The van der Waals surface area contributed by atoms with Crippen LogP contribution in [0.1, 0.15) is 41.8 Å². The predicted octanol–water partition coefficient (Wildman–Crippen LogP) is 1.76. The van der Waals surface area contributed by atoms with Gasteiger partial charge in [0.1, 0.15) is 11.4 Å². The molecule has 2 heterocycles. The van der Waals surface area contributed by atoms with E-state index in [4.69, 9.17) is 4.52 Å². The fourth-order valence-corrected chi connectivity index (χ4v) is 3.82. The van der Waals surface area contributed by atoms with Crippen molar-refractivity contribution in [1.29, 1.82) is 0 Å². The Bertz CT molecular complexity index is 813. The van der Waals surface area contributed by atoms with Gasteiger partial charge in [-0.3, -0.25) is 4.79 Å². The molecule has 0 fully saturated rings. The number of unbranched alkanes of at least 4 members (excludes halogenated alkanes) is 1. The summed E-state index contributed by atoms with van der Waals surface area (Å²) >= 11 is 0. The first-order chi connectivity index (χ1) is 10.5. The van der Waals surface area contributed by atoms with Gasteiger partial charge in [0.25, 0.3) is 15.9 Å². The van der Waals surface area contributed by atoms with Crippen molar-refractivity contribution in [1.82, 2.24) is 14.4 Å². The van der Waals surface area contributed by atoms with Crippen molar-refractivity contribution in [3.8, 4) is 0 Å². The molecule has 0 unspecified atom stereocenters. The van der Waals surface area contributed by atoms with E-state index in [-0.39, 0.29) is 22.9 Å². The number of aryl methyl sites for hydroxylation is 1. The molecular weight excluding hydrogens is 306 g/mol. The zero-order valence-electron chi connectivity index (χ0n) is 12.0. The average molecular weight is 321 g/mol. The van der Waals surface area contributed by atoms with Crippen LogP contribution in [0.4, 0.5) is 0 Å². The molecule has 0 radical (unpaired) electrons. The topological polar surface area (TPSA) is 93.4 Å². The Balaban J connectivity index is 1.85. The number of carbonyl (C=O) groups excluding carboxylic acids is 1. The number of hydrogen-bond acceptors (Lipinski definition) is 6. The monoisotopic (exact) mass is 321 g/mol. The predicted molar refractivity (Wildman–Crippen MR) is 76.4 cm³/mol. The third-order valence-electron chi connectivity index (χ3n) is 3.45. The number of carbonyl (C=O) groups is 1. The van der Waals surface area contributed by atoms with Gasteiger partial charge in [-0.05, 0) is 18.6 Å². The maximum absolute atomic E-state index is 12.4. The number of nitrogens with zero attached hydrogens (tertiary/aromatic N) is 3. The standard InChI is InChI=1S/C14H15N3O4S/c1-2-3-8-12-15-13(21-16-12)9-17-14(18)10-6-4-5-7-11(10)22(17,19)20/h4-7H,2-3,8-9H2,1H3. The molecule has 1 amide bonds. The maximum atomic E-state index is 12.4. The summed E-state index contributed by atoms with van der Waals surface area (Å²) in [6.07, 6.45) is 2.59. The summed E-state index contributed by atoms with van der Waals surface area (Å²) in [7, 11) is -3.85. The second kappa shape index (κ2) is 5.53. The van der Waals surface area contributed by atoms with Crippen molar-refractivity contribution in [2.45, 2.75) is 37.6 Å². The van der Waals surface area contributed by atoms with E-state index in [1.165, 1.54) is 12.1 Å². The van der Waals surface area contributed by atoms with Crippen molar-refractivity contribution in [2.75, 3.05) is 0 Å². The van der Waals surface area contributed by atoms with Gasteiger partial charge in [-0.15, -0.1) is 0 Å². The molecule has 1 aliphatic heterocycles. The average Bonchev–Trinajstić information content (AvgIpc) is 3.03. The summed E-state index contributed by atoms with van der Waals surface area (Å²) in [5.74, 6) is 0.0816. The normalized spacial score (nSPS) is 16.0. The highest BCUT2D eigenvalue weighted by Crippen LogP contribution is 2.30. The summed E-state index contributed by atoms with van der Waals surface area (Å²) in [5.41, 5.74) is 0.174. The van der Waals surface area contributed by atoms with Gasteiger partial charge in [-0.25, -0.2) is 12.7 Å². The van der Waals surface area contributed by atoms with Crippen LogP contribution in [0.15, 0.2) is 33.7 Å². The molecule has 2 aromatic rings. The van der Waals surface area contributed by atoms with E-state index in [0.717, 1.165) is 17.1 Å². The van der Waals surface area contributed by atoms with E-state index in [9.17, 15) is 13.2 Å². The van der Waals surface area contributed by atoms with E-state index >= 15 is 0 Å². The molecule has 22 heavy (non-hydrogen) atoms. The molecular formula is C14H15N3O4S. The molecule has 8 heteroatoms. The second-order valence-electron chi connectivity index (χ2n) is 5.02. The molecule has 0 spiro atoms. The highest BCUT2D eigenvalue weighted by Gasteiger charge is 2.41. The highest BCUT2D eigenvalue weighted by atomic mass is 32.2. The number of benzene rings is 1. The smallest absolute Gasteiger partial charge is 0.269 e. The van der Waals surface area contributed by atoms with Crippen LogP contribution >= 0.6 is 0 Å². The molecule has 0 saturated carbocycles. The Morgan fingerprint density at radius 3 is 2.77 bits per heavy atom. The van der Waals surface area contributed by atoms with Crippen molar-refractivity contribution >= 4 is 15.9 Å². The molecule has 0 bridgehead atoms. The Morgan fingerprint density at radius 1 is 1.27 bits per heavy atom. The lowest BCUT2D eigenvalue weighted by Crippen LogP contribution is -2.29. The van der Waals surface area contributed by atoms with Crippen LogP contribution < -0.4 is 0 Å². The maximum Gasteiger partial charge on any atom is 0.269 e. The fourth-order valence-electron chi connectivity index (χ4n) is 2.30. The molecule has 0 atom stereocenters. The molecule has 1 aliphatic rings. The molecule has 0 N–H and O–H groups in total. The van der Waals surface area contributed by atoms with Gasteiger partial charge in [0.05, 0.1) is 5.56 Å². The molecule has 7 nitrogen and oxygen atoms in total. The van der Waals surface area contributed by atoms with Gasteiger partial charge in [-0.1, -0.05) is 30.6 Å². The van der Waals surface area contributed by atoms with Crippen LogP contribution in [0.3, 0.4) is 0 Å². The lowest BCUT2D eigenvalue weighted by atomic mass is 10.2. The molecule has 1 aromatic heterocycles. The van der Waals surface area contributed by atoms with E-state index < -0.39 is 15.9 Å². The summed E-state index contributed by atoms with van der Waals surface area (Å²) in [4.78, 5) is 16.4. The van der Waals surface area contributed by atoms with Crippen LogP contribution in [0, 0.1) is 0 Å². The van der Waals surface area contributed by atoms with Gasteiger partial charge >= 0.3 is 0 Å². The van der Waals surface area contributed by atoms with Crippen molar-refractivity contribution in [3.05, 3.63) is 41.5 Å². The minimum absolute atomic E-state index is 0.0192. The van der Waals surface area contributed by atoms with Crippen molar-refractivity contribution in [2.24, 2.45) is 0 Å². The van der Waals surface area contributed by atoms with Crippen LogP contribution in [-0.4, -0.2) is 28.8 Å². The Labute approximate surface area is 128 Å². The molecule has 0 saturated heterocycles. The highest BCUT2D eigenvalue weighted by molar-refractivity contribution is 7.90. The van der Waals surface area contributed by atoms with Gasteiger partial charge < -0.3 is 4.52 Å². The lowest BCUT2D eigenvalue weighted by Gasteiger charge is -2.11. The number of rotatable bonds is 5. The van der Waals surface area contributed by atoms with Crippen LogP contribution in [0.25, 0.3) is 0 Å². The molecule has 0 aliphatic carbocycles. The zero-order chi connectivity index (χ0) is 15.7. The van der Waals surface area contributed by atoms with Gasteiger partial charge in [-0.2, -0.15) is 4.98 Å². The SMILES string of the molecule is CCCCc1noc(CN2C(=O)c3ccccc3S2(=O)=O)n1.